The van der Waals surface area contributed by atoms with Gasteiger partial charge in [-0.15, -0.1) is 10.2 Å². The lowest BCUT2D eigenvalue weighted by Crippen LogP contribution is -2.23. The zero-order valence-electron chi connectivity index (χ0n) is 16.6. The van der Waals surface area contributed by atoms with Crippen LogP contribution in [0, 0.1) is 6.92 Å². The molecule has 1 atom stereocenters. The van der Waals surface area contributed by atoms with Gasteiger partial charge in [-0.2, -0.15) is 0 Å². The molecule has 3 aromatic rings. The highest BCUT2D eigenvalue weighted by atomic mass is 32.2. The smallest absolute Gasteiger partial charge is 0.238 e. The van der Waals surface area contributed by atoms with Crippen molar-refractivity contribution in [3.63, 3.8) is 0 Å². The Morgan fingerprint density at radius 2 is 1.93 bits per heavy atom. The number of carbonyl (C=O) groups is 1. The summed E-state index contributed by atoms with van der Waals surface area (Å²) < 4.78 is 6.35. The van der Waals surface area contributed by atoms with E-state index < -0.39 is 5.25 Å². The highest BCUT2D eigenvalue weighted by molar-refractivity contribution is 8.00. The summed E-state index contributed by atoms with van der Waals surface area (Å²) in [5.41, 5.74) is 2.16. The van der Waals surface area contributed by atoms with Crippen LogP contribution in [0.25, 0.3) is 11.4 Å². The van der Waals surface area contributed by atoms with Crippen molar-refractivity contribution in [1.29, 1.82) is 0 Å². The van der Waals surface area contributed by atoms with Gasteiger partial charge in [0.25, 0.3) is 0 Å². The van der Waals surface area contributed by atoms with Crippen molar-refractivity contribution >= 4 is 23.5 Å². The molecule has 1 aromatic carbocycles. The van der Waals surface area contributed by atoms with Gasteiger partial charge in [0.1, 0.15) is 5.76 Å². The maximum absolute atomic E-state index is 12.3. The minimum absolute atomic E-state index is 0.0705. The molecule has 0 saturated carbocycles. The molecule has 3 N–H and O–H groups in total. The van der Waals surface area contributed by atoms with Gasteiger partial charge < -0.3 is 15.7 Å². The van der Waals surface area contributed by atoms with Crippen LogP contribution in [-0.4, -0.2) is 31.2 Å². The zero-order chi connectivity index (χ0) is 20.5. The summed E-state index contributed by atoms with van der Waals surface area (Å²) in [7, 11) is 0. The molecule has 0 saturated heterocycles. The Morgan fingerprint density at radius 1 is 1.25 bits per heavy atom. The molecule has 0 radical (unpaired) electrons. The Hall–Kier alpha value is -2.81. The van der Waals surface area contributed by atoms with Crippen molar-refractivity contribution in [2.75, 3.05) is 11.2 Å². The normalized spacial score (nSPS) is 12.8. The van der Waals surface area contributed by atoms with Crippen LogP contribution in [-0.2, 0) is 10.2 Å². The number of nitrogens with one attached hydrogen (secondary N) is 1. The van der Waals surface area contributed by atoms with Crippen molar-refractivity contribution in [2.45, 2.75) is 50.4 Å². The van der Waals surface area contributed by atoms with Crippen molar-refractivity contribution < 1.29 is 9.32 Å². The van der Waals surface area contributed by atoms with E-state index in [1.54, 1.807) is 19.9 Å². The number of thioether (sulfide) groups is 1. The average molecular weight is 401 g/mol. The van der Waals surface area contributed by atoms with Crippen molar-refractivity contribution in [3.05, 3.63) is 41.7 Å². The molecule has 0 aliphatic rings. The standard InChI is InChI=1S/C19H24N6O2S/c1-11-10-15(24-27-11)21-17(26)12(2)28-18-23-22-16(25(18)20)13-6-8-14(9-7-13)19(3,4)5/h6-10,12H,20H2,1-5H3,(H,21,24,26)/t12-/m0/s1. The van der Waals surface area contributed by atoms with Gasteiger partial charge in [0, 0.05) is 11.6 Å². The molecule has 2 aromatic heterocycles. The topological polar surface area (TPSA) is 112 Å². The van der Waals surface area contributed by atoms with Gasteiger partial charge in [0.15, 0.2) is 11.6 Å². The second-order valence-corrected chi connectivity index (χ2v) is 8.88. The second kappa shape index (κ2) is 7.67. The van der Waals surface area contributed by atoms with E-state index in [2.05, 4.69) is 53.6 Å². The van der Waals surface area contributed by atoms with Gasteiger partial charge in [-0.3, -0.25) is 4.79 Å². The fourth-order valence-corrected chi connectivity index (χ4v) is 3.31. The highest BCUT2D eigenvalue weighted by Gasteiger charge is 2.21. The molecule has 0 fully saturated rings. The Balaban J connectivity index is 1.71. The number of aromatic nitrogens is 4. The van der Waals surface area contributed by atoms with Gasteiger partial charge in [0.2, 0.25) is 11.1 Å². The number of benzene rings is 1. The molecule has 3 rings (SSSR count). The number of nitrogens with zero attached hydrogens (tertiary/aromatic N) is 4. The van der Waals surface area contributed by atoms with Crippen LogP contribution in [0.5, 0.6) is 0 Å². The van der Waals surface area contributed by atoms with E-state index in [9.17, 15) is 4.79 Å². The van der Waals surface area contributed by atoms with E-state index in [4.69, 9.17) is 10.4 Å². The predicted molar refractivity (Wildman–Crippen MR) is 109 cm³/mol. The lowest BCUT2D eigenvalue weighted by atomic mass is 9.87. The van der Waals surface area contributed by atoms with E-state index in [-0.39, 0.29) is 11.3 Å². The Bertz CT molecular complexity index is 971. The summed E-state index contributed by atoms with van der Waals surface area (Å²) in [5.74, 6) is 7.50. The van der Waals surface area contributed by atoms with Crippen molar-refractivity contribution in [1.82, 2.24) is 20.0 Å². The fourth-order valence-electron chi connectivity index (χ4n) is 2.54. The van der Waals surface area contributed by atoms with Crippen LogP contribution in [0.1, 0.15) is 39.0 Å². The van der Waals surface area contributed by atoms with E-state index in [1.165, 1.54) is 22.0 Å². The number of hydrogen-bond acceptors (Lipinski definition) is 7. The summed E-state index contributed by atoms with van der Waals surface area (Å²) >= 11 is 1.22. The number of aryl methyl sites for hydroxylation is 1. The summed E-state index contributed by atoms with van der Waals surface area (Å²) in [6.07, 6.45) is 0. The SMILES string of the molecule is Cc1cc(NC(=O)[C@H](C)Sc2nnc(-c3ccc(C(C)(C)C)cc3)n2N)no1. The molecular weight excluding hydrogens is 376 g/mol. The Morgan fingerprint density at radius 3 is 2.50 bits per heavy atom. The number of anilines is 1. The predicted octanol–water partition coefficient (Wildman–Crippen LogP) is 3.37. The first kappa shape index (κ1) is 19.9. The van der Waals surface area contributed by atoms with Gasteiger partial charge in [-0.25, -0.2) is 4.68 Å². The number of hydrogen-bond donors (Lipinski definition) is 2. The summed E-state index contributed by atoms with van der Waals surface area (Å²) in [6, 6.07) is 9.73. The number of nitrogen functional groups attached to an aromatic ring is 1. The minimum Gasteiger partial charge on any atom is -0.360 e. The third-order valence-electron chi connectivity index (χ3n) is 4.20. The van der Waals surface area contributed by atoms with Gasteiger partial charge in [0.05, 0.1) is 5.25 Å². The van der Waals surface area contributed by atoms with Crippen molar-refractivity contribution in [2.24, 2.45) is 0 Å². The van der Waals surface area contributed by atoms with E-state index >= 15 is 0 Å². The van der Waals surface area contributed by atoms with E-state index in [1.807, 2.05) is 12.1 Å². The van der Waals surface area contributed by atoms with Gasteiger partial charge in [-0.1, -0.05) is 62.0 Å². The third-order valence-corrected chi connectivity index (χ3v) is 5.26. The molecule has 2 heterocycles. The maximum Gasteiger partial charge on any atom is 0.238 e. The van der Waals surface area contributed by atoms with Gasteiger partial charge in [-0.05, 0) is 24.8 Å². The van der Waals surface area contributed by atoms with Crippen LogP contribution in [0.3, 0.4) is 0 Å². The molecule has 0 aliphatic heterocycles. The van der Waals surface area contributed by atoms with E-state index in [0.717, 1.165) is 5.56 Å². The molecule has 148 valence electrons. The quantitative estimate of drug-likeness (QED) is 0.499. The first-order valence-corrected chi connectivity index (χ1v) is 9.75. The molecule has 0 bridgehead atoms. The number of rotatable bonds is 5. The Kier molecular flexibility index (Phi) is 5.46. The number of nitrogens with two attached hydrogens (primary N) is 1. The van der Waals surface area contributed by atoms with Crippen LogP contribution in [0.2, 0.25) is 0 Å². The molecular formula is C19H24N6O2S. The average Bonchev–Trinajstić information content (AvgIpc) is 3.20. The minimum atomic E-state index is -0.445. The fraction of sp³-hybridized carbons (Fsp3) is 0.368. The number of amides is 1. The summed E-state index contributed by atoms with van der Waals surface area (Å²) in [4.78, 5) is 12.3. The van der Waals surface area contributed by atoms with Crippen LogP contribution >= 0.6 is 11.8 Å². The van der Waals surface area contributed by atoms with E-state index in [0.29, 0.717) is 22.6 Å². The lowest BCUT2D eigenvalue weighted by molar-refractivity contribution is -0.115. The number of carbonyl (C=O) groups excluding carboxylic acids is 1. The van der Waals surface area contributed by atoms with Crippen LogP contribution in [0.15, 0.2) is 40.0 Å². The first-order chi connectivity index (χ1) is 13.1. The molecule has 0 unspecified atom stereocenters. The molecule has 8 nitrogen and oxygen atoms in total. The summed E-state index contributed by atoms with van der Waals surface area (Å²) in [5, 5.41) is 14.8. The van der Waals surface area contributed by atoms with Gasteiger partial charge >= 0.3 is 0 Å². The van der Waals surface area contributed by atoms with Crippen LogP contribution in [0.4, 0.5) is 5.82 Å². The molecule has 0 spiro atoms. The highest BCUT2D eigenvalue weighted by Crippen LogP contribution is 2.28. The monoisotopic (exact) mass is 400 g/mol. The molecule has 28 heavy (non-hydrogen) atoms. The summed E-state index contributed by atoms with van der Waals surface area (Å²) in [6.45, 7) is 10.0. The zero-order valence-corrected chi connectivity index (χ0v) is 17.4. The lowest BCUT2D eigenvalue weighted by Gasteiger charge is -2.19. The third kappa shape index (κ3) is 4.36. The molecule has 1 amide bonds. The van der Waals surface area contributed by atoms with Crippen LogP contribution < -0.4 is 11.2 Å². The first-order valence-electron chi connectivity index (χ1n) is 8.87. The Labute approximate surface area is 167 Å². The maximum atomic E-state index is 12.3. The molecule has 0 aliphatic carbocycles. The second-order valence-electron chi connectivity index (χ2n) is 7.58. The van der Waals surface area contributed by atoms with Crippen molar-refractivity contribution in [3.8, 4) is 11.4 Å². The largest absolute Gasteiger partial charge is 0.360 e. The molecule has 9 heteroatoms.